The lowest BCUT2D eigenvalue weighted by molar-refractivity contribution is -0.143. The van der Waals surface area contributed by atoms with E-state index in [0.29, 0.717) is 18.8 Å². The monoisotopic (exact) mass is 570 g/mol. The van der Waals surface area contributed by atoms with Crippen LogP contribution in [0.5, 0.6) is 0 Å². The van der Waals surface area contributed by atoms with E-state index in [9.17, 15) is 23.1 Å². The van der Waals surface area contributed by atoms with Crippen LogP contribution in [0.3, 0.4) is 0 Å². The van der Waals surface area contributed by atoms with Gasteiger partial charge in [-0.2, -0.15) is 4.31 Å². The average molecular weight is 571 g/mol. The maximum absolute atomic E-state index is 13.1. The van der Waals surface area contributed by atoms with Crippen LogP contribution in [0.15, 0.2) is 47.4 Å². The number of anilines is 1. The molecule has 0 radical (unpaired) electrons. The molecular formula is C29H38N4O6S. The van der Waals surface area contributed by atoms with Gasteiger partial charge in [0.15, 0.2) is 0 Å². The SMILES string of the molecule is O=C(O)C(CCOC1CC(CCc2ccc3c(n2)NCCC3)C1)NC(=O)[C@@H]1CCCN1S(=O)(=O)c1ccccc1. The van der Waals surface area contributed by atoms with Crippen molar-refractivity contribution in [2.24, 2.45) is 5.92 Å². The molecule has 216 valence electrons. The van der Waals surface area contributed by atoms with Crippen LogP contribution in [0, 0.1) is 5.92 Å². The van der Waals surface area contributed by atoms with E-state index in [2.05, 4.69) is 22.8 Å². The maximum Gasteiger partial charge on any atom is 0.326 e. The van der Waals surface area contributed by atoms with Crippen LogP contribution in [-0.4, -0.2) is 72.6 Å². The molecule has 1 aliphatic carbocycles. The van der Waals surface area contributed by atoms with Crippen molar-refractivity contribution in [3.8, 4) is 0 Å². The number of benzene rings is 1. The molecule has 2 fully saturated rings. The predicted octanol–water partition coefficient (Wildman–Crippen LogP) is 2.98. The zero-order valence-electron chi connectivity index (χ0n) is 22.6. The number of sulfonamides is 1. The van der Waals surface area contributed by atoms with E-state index >= 15 is 0 Å². The Balaban J connectivity index is 1.04. The molecule has 11 heteroatoms. The number of nitrogens with one attached hydrogen (secondary N) is 2. The fourth-order valence-corrected chi connectivity index (χ4v) is 7.48. The van der Waals surface area contributed by atoms with E-state index in [1.54, 1.807) is 18.2 Å². The molecule has 40 heavy (non-hydrogen) atoms. The first-order valence-electron chi connectivity index (χ1n) is 14.3. The zero-order chi connectivity index (χ0) is 28.1. The van der Waals surface area contributed by atoms with E-state index in [1.807, 2.05) is 0 Å². The van der Waals surface area contributed by atoms with Gasteiger partial charge in [-0.15, -0.1) is 0 Å². The van der Waals surface area contributed by atoms with Gasteiger partial charge in [0.05, 0.1) is 11.0 Å². The lowest BCUT2D eigenvalue weighted by atomic mass is 9.79. The highest BCUT2D eigenvalue weighted by molar-refractivity contribution is 7.89. The number of aliphatic carboxylic acids is 1. The molecule has 3 aliphatic rings. The Morgan fingerprint density at radius 2 is 1.95 bits per heavy atom. The van der Waals surface area contributed by atoms with E-state index in [0.717, 1.165) is 56.6 Å². The van der Waals surface area contributed by atoms with Crippen molar-refractivity contribution in [1.82, 2.24) is 14.6 Å². The number of aromatic nitrogens is 1. The minimum absolute atomic E-state index is 0.0923. The summed E-state index contributed by atoms with van der Waals surface area (Å²) in [5.41, 5.74) is 2.40. The van der Waals surface area contributed by atoms with Crippen LogP contribution in [0.1, 0.15) is 56.2 Å². The number of hydrogen-bond acceptors (Lipinski definition) is 7. The third-order valence-corrected chi connectivity index (χ3v) is 10.1. The summed E-state index contributed by atoms with van der Waals surface area (Å²) in [7, 11) is -3.85. The van der Waals surface area contributed by atoms with Gasteiger partial charge in [0.25, 0.3) is 0 Å². The summed E-state index contributed by atoms with van der Waals surface area (Å²) < 4.78 is 33.2. The second-order valence-electron chi connectivity index (χ2n) is 11.0. The molecule has 1 aromatic heterocycles. The Morgan fingerprint density at radius 1 is 1.15 bits per heavy atom. The standard InChI is InChI=1S/C29H38N4O6S/c34-28(26-9-5-16-33(26)40(37,38)24-7-2-1-3-8-24)32-25(29(35)36)14-17-39-23-18-20(19-23)10-12-22-13-11-21-6-4-15-30-27(21)31-22/h1-3,7-8,11,13,20,23,25-26H,4-6,9-10,12,14-19H2,(H,30,31)(H,32,34)(H,35,36)/t20?,23?,25?,26-/m0/s1. The summed E-state index contributed by atoms with van der Waals surface area (Å²) in [6.07, 6.45) is 7.16. The first-order valence-corrected chi connectivity index (χ1v) is 15.7. The van der Waals surface area contributed by atoms with E-state index in [1.165, 1.54) is 22.0 Å². The van der Waals surface area contributed by atoms with Crippen LogP contribution in [0.2, 0.25) is 0 Å². The second kappa shape index (κ2) is 12.7. The quantitative estimate of drug-likeness (QED) is 0.354. The number of rotatable bonds is 12. The summed E-state index contributed by atoms with van der Waals surface area (Å²) in [6, 6.07) is 10.2. The van der Waals surface area contributed by atoms with Gasteiger partial charge in [0.2, 0.25) is 15.9 Å². The molecule has 1 amide bonds. The molecule has 3 N–H and O–H groups in total. The van der Waals surface area contributed by atoms with Gasteiger partial charge >= 0.3 is 5.97 Å². The lowest BCUT2D eigenvalue weighted by Crippen LogP contribution is -2.51. The Kier molecular flexibility index (Phi) is 9.02. The van der Waals surface area contributed by atoms with Crippen LogP contribution in [-0.2, 0) is 37.2 Å². The smallest absolute Gasteiger partial charge is 0.326 e. The Morgan fingerprint density at radius 3 is 2.73 bits per heavy atom. The normalized spacial score (nSPS) is 23.4. The number of carbonyl (C=O) groups is 2. The minimum atomic E-state index is -3.85. The van der Waals surface area contributed by atoms with Gasteiger partial charge in [0, 0.05) is 31.8 Å². The number of carboxylic acids is 1. The van der Waals surface area contributed by atoms with Crippen molar-refractivity contribution in [1.29, 1.82) is 0 Å². The number of nitrogens with zero attached hydrogens (tertiary/aromatic N) is 2. The summed E-state index contributed by atoms with van der Waals surface area (Å²) in [6.45, 7) is 1.41. The molecule has 1 aromatic carbocycles. The van der Waals surface area contributed by atoms with E-state index in [-0.39, 0.29) is 30.6 Å². The number of aryl methyl sites for hydroxylation is 2. The molecule has 1 saturated carbocycles. The van der Waals surface area contributed by atoms with Crippen molar-refractivity contribution in [2.75, 3.05) is 25.0 Å². The molecule has 2 atom stereocenters. The largest absolute Gasteiger partial charge is 0.480 e. The zero-order valence-corrected chi connectivity index (χ0v) is 23.4. The van der Waals surface area contributed by atoms with Crippen LogP contribution in [0.25, 0.3) is 0 Å². The number of carbonyl (C=O) groups excluding carboxylic acids is 1. The van der Waals surface area contributed by atoms with Crippen LogP contribution in [0.4, 0.5) is 5.82 Å². The summed E-state index contributed by atoms with van der Waals surface area (Å²) >= 11 is 0. The van der Waals surface area contributed by atoms with Gasteiger partial charge in [-0.05, 0) is 81.0 Å². The van der Waals surface area contributed by atoms with Crippen molar-refractivity contribution in [2.45, 2.75) is 80.9 Å². The average Bonchev–Trinajstić information content (AvgIpc) is 3.45. The third-order valence-electron chi connectivity index (χ3n) is 8.18. The Bertz CT molecular complexity index is 1300. The molecule has 0 bridgehead atoms. The highest BCUT2D eigenvalue weighted by Crippen LogP contribution is 2.34. The minimum Gasteiger partial charge on any atom is -0.480 e. The topological polar surface area (TPSA) is 138 Å². The highest BCUT2D eigenvalue weighted by Gasteiger charge is 2.40. The molecule has 2 aliphatic heterocycles. The van der Waals surface area contributed by atoms with Crippen molar-refractivity contribution in [3.63, 3.8) is 0 Å². The van der Waals surface area contributed by atoms with Gasteiger partial charge in [-0.25, -0.2) is 18.2 Å². The number of ether oxygens (including phenoxy) is 1. The van der Waals surface area contributed by atoms with Gasteiger partial charge in [-0.1, -0.05) is 24.3 Å². The number of pyridine rings is 1. The van der Waals surface area contributed by atoms with Crippen molar-refractivity contribution in [3.05, 3.63) is 53.7 Å². The molecule has 0 spiro atoms. The predicted molar refractivity (Wildman–Crippen MR) is 149 cm³/mol. The molecule has 1 unspecified atom stereocenters. The van der Waals surface area contributed by atoms with E-state index in [4.69, 9.17) is 9.72 Å². The number of hydrogen-bond donors (Lipinski definition) is 3. The fraction of sp³-hybridized carbons (Fsp3) is 0.552. The molecule has 3 heterocycles. The van der Waals surface area contributed by atoms with Crippen LogP contribution >= 0.6 is 0 Å². The Hall–Kier alpha value is -3.02. The van der Waals surface area contributed by atoms with Crippen molar-refractivity contribution >= 4 is 27.7 Å². The molecule has 1 saturated heterocycles. The summed E-state index contributed by atoms with van der Waals surface area (Å²) in [5, 5.41) is 15.6. The van der Waals surface area contributed by atoms with Gasteiger partial charge in [0.1, 0.15) is 17.9 Å². The maximum atomic E-state index is 13.1. The van der Waals surface area contributed by atoms with Crippen LogP contribution < -0.4 is 10.6 Å². The molecule has 10 nitrogen and oxygen atoms in total. The van der Waals surface area contributed by atoms with E-state index < -0.39 is 34.0 Å². The van der Waals surface area contributed by atoms with Crippen molar-refractivity contribution < 1.29 is 27.9 Å². The first kappa shape index (κ1) is 28.5. The van der Waals surface area contributed by atoms with Gasteiger partial charge in [-0.3, -0.25) is 4.79 Å². The fourth-order valence-electron chi connectivity index (χ4n) is 5.80. The Labute approximate surface area is 235 Å². The second-order valence-corrected chi connectivity index (χ2v) is 12.9. The molecular weight excluding hydrogens is 532 g/mol. The number of fused-ring (bicyclic) bond motifs is 1. The highest BCUT2D eigenvalue weighted by atomic mass is 32.2. The third kappa shape index (κ3) is 6.64. The number of carboxylic acid groups (broad SMARTS) is 1. The molecule has 2 aromatic rings. The lowest BCUT2D eigenvalue weighted by Gasteiger charge is -2.35. The first-order chi connectivity index (χ1) is 19.3. The number of amides is 1. The summed E-state index contributed by atoms with van der Waals surface area (Å²) in [4.78, 5) is 29.7. The summed E-state index contributed by atoms with van der Waals surface area (Å²) in [5.74, 6) is -0.159. The molecule has 5 rings (SSSR count). The van der Waals surface area contributed by atoms with Gasteiger partial charge < -0.3 is 20.5 Å².